The molecular formula is Au2Th3. The Kier molecular flexibility index (Phi) is 143. The van der Waals surface area contributed by atoms with E-state index in [0.717, 1.165) is 0 Å². The maximum atomic E-state index is 0. The van der Waals surface area contributed by atoms with Crippen LogP contribution in [0.3, 0.4) is 0 Å². The van der Waals surface area contributed by atoms with Gasteiger partial charge in [0.2, 0.25) is 0 Å². The fourth-order valence-electron chi connectivity index (χ4n) is 0. The summed E-state index contributed by atoms with van der Waals surface area (Å²) in [6, 6.07) is 0. The van der Waals surface area contributed by atoms with Crippen LogP contribution in [0.15, 0.2) is 0 Å². The van der Waals surface area contributed by atoms with Crippen molar-refractivity contribution in [2.75, 3.05) is 0 Å². The summed E-state index contributed by atoms with van der Waals surface area (Å²) in [6.45, 7) is 0. The Morgan fingerprint density at radius 2 is 0.400 bits per heavy atom. The largest absolute Gasteiger partial charge is 0 e. The van der Waals surface area contributed by atoms with Crippen molar-refractivity contribution in [2.45, 2.75) is 0 Å². The van der Waals surface area contributed by atoms with E-state index in [0.29, 0.717) is 0 Å². The van der Waals surface area contributed by atoms with Crippen molar-refractivity contribution in [1.82, 2.24) is 0 Å². The normalized spacial score (nSPS) is 0. The van der Waals surface area contributed by atoms with Gasteiger partial charge in [0, 0.05) is 165 Å². The van der Waals surface area contributed by atoms with Gasteiger partial charge in [-0.1, -0.05) is 0 Å². The minimum Gasteiger partial charge on any atom is 0 e. The molecule has 0 nitrogen and oxygen atoms in total. The molecule has 0 saturated heterocycles. The zero-order valence-corrected chi connectivity index (χ0v) is 18.8. The quantitative estimate of drug-likeness (QED) is 0.301. The molecule has 0 bridgehead atoms. The molecule has 0 aliphatic carbocycles. The first-order valence-corrected chi connectivity index (χ1v) is 0. The van der Waals surface area contributed by atoms with Crippen molar-refractivity contribution < 1.29 is 165 Å². The van der Waals surface area contributed by atoms with Gasteiger partial charge in [0.05, 0.1) is 0 Å². The molecule has 0 rings (SSSR count). The summed E-state index contributed by atoms with van der Waals surface area (Å²) >= 11 is 0. The summed E-state index contributed by atoms with van der Waals surface area (Å²) in [5.74, 6) is 0. The fraction of sp³-hybridized carbons (Fsp3) is 0. The minimum atomic E-state index is 0. The summed E-state index contributed by atoms with van der Waals surface area (Å²) in [6.07, 6.45) is 0. The summed E-state index contributed by atoms with van der Waals surface area (Å²) in [4.78, 5) is 0. The van der Waals surface area contributed by atoms with Crippen molar-refractivity contribution in [2.24, 2.45) is 0 Å². The molecular weight excluding hydrogens is 1090 g/mol. The van der Waals surface area contributed by atoms with Crippen molar-refractivity contribution in [3.05, 3.63) is 0 Å². The molecule has 34 valence electrons. The molecule has 2 radical (unpaired) electrons. The van der Waals surface area contributed by atoms with Gasteiger partial charge in [-0.15, -0.1) is 0 Å². The molecule has 0 aliphatic rings. The Morgan fingerprint density at radius 3 is 0.400 bits per heavy atom. The number of hydrogen-bond acceptors (Lipinski definition) is 0. The molecule has 5 heavy (non-hydrogen) atoms. The van der Waals surface area contributed by atoms with Crippen LogP contribution in [0.25, 0.3) is 0 Å². The van der Waals surface area contributed by atoms with Crippen LogP contribution in [0.5, 0.6) is 0 Å². The average Bonchev–Trinajstić information content (AvgIpc) is 0. The minimum absolute atomic E-state index is 0. The van der Waals surface area contributed by atoms with Crippen molar-refractivity contribution in [3.8, 4) is 0 Å². The van der Waals surface area contributed by atoms with Crippen LogP contribution in [-0.4, -0.2) is 0 Å². The molecule has 0 heterocycles. The van der Waals surface area contributed by atoms with E-state index in [2.05, 4.69) is 0 Å². The number of rotatable bonds is 0. The molecule has 0 aromatic heterocycles. The molecule has 0 unspecified atom stereocenters. The molecule has 0 saturated carbocycles. The molecule has 0 fully saturated rings. The molecule has 5 heteroatoms. The SMILES string of the molecule is [Au].[Au].[Th].[Th].[Th]. The third kappa shape index (κ3) is 17.7. The van der Waals surface area contributed by atoms with Gasteiger partial charge in [0.25, 0.3) is 0 Å². The first kappa shape index (κ1) is 31.4. The second kappa shape index (κ2) is 22.7. The molecule has 0 spiro atoms. The zero-order valence-electron chi connectivity index (χ0n) is 2.10. The number of hydrogen-bond donors (Lipinski definition) is 0. The van der Waals surface area contributed by atoms with Crippen LogP contribution in [0.1, 0.15) is 0 Å². The van der Waals surface area contributed by atoms with E-state index in [-0.39, 0.29) is 165 Å². The molecule has 0 aromatic rings. The topological polar surface area (TPSA) is 0 Å². The third-order valence-corrected chi connectivity index (χ3v) is 0. The maximum absolute atomic E-state index is 0. The standard InChI is InChI=1S/2Au.3Th. The van der Waals surface area contributed by atoms with Crippen LogP contribution in [-0.2, 0) is 44.8 Å². The van der Waals surface area contributed by atoms with Gasteiger partial charge >= 0.3 is 0 Å². The van der Waals surface area contributed by atoms with Gasteiger partial charge in [-0.05, 0) is 0 Å². The van der Waals surface area contributed by atoms with E-state index in [9.17, 15) is 0 Å². The summed E-state index contributed by atoms with van der Waals surface area (Å²) in [7, 11) is 0. The van der Waals surface area contributed by atoms with Gasteiger partial charge in [0.15, 0.2) is 0 Å². The predicted molar refractivity (Wildman–Crippen MR) is 0 cm³/mol. The first-order chi connectivity index (χ1) is 0. The van der Waals surface area contributed by atoms with Crippen LogP contribution in [0.4, 0.5) is 0 Å². The van der Waals surface area contributed by atoms with Crippen LogP contribution >= 0.6 is 0 Å². The predicted octanol–water partition coefficient (Wildman–Crippen LogP) is -0.00500. The Hall–Kier alpha value is 5.45. The van der Waals surface area contributed by atoms with E-state index in [1.807, 2.05) is 0 Å². The molecule has 0 N–H and O–H groups in total. The monoisotopic (exact) mass is 1090 g/mol. The third-order valence-electron chi connectivity index (χ3n) is 0. The van der Waals surface area contributed by atoms with E-state index in [1.165, 1.54) is 0 Å². The van der Waals surface area contributed by atoms with Gasteiger partial charge in [-0.25, -0.2) is 0 Å². The van der Waals surface area contributed by atoms with Gasteiger partial charge in [-0.2, -0.15) is 0 Å². The van der Waals surface area contributed by atoms with Crippen LogP contribution in [0, 0.1) is 120 Å². The Labute approximate surface area is 159 Å². The fourth-order valence-corrected chi connectivity index (χ4v) is 0. The van der Waals surface area contributed by atoms with Gasteiger partial charge in [0.1, 0.15) is 0 Å². The van der Waals surface area contributed by atoms with E-state index >= 15 is 0 Å². The second-order valence-electron chi connectivity index (χ2n) is 0. The van der Waals surface area contributed by atoms with Gasteiger partial charge < -0.3 is 0 Å². The molecule has 0 aliphatic heterocycles. The smallest absolute Gasteiger partial charge is 0 e. The molecule has 0 atom stereocenters. The maximum Gasteiger partial charge on any atom is 0 e. The van der Waals surface area contributed by atoms with E-state index < -0.39 is 0 Å². The average molecular weight is 1090 g/mol. The van der Waals surface area contributed by atoms with Crippen LogP contribution < -0.4 is 0 Å². The van der Waals surface area contributed by atoms with Crippen molar-refractivity contribution in [3.63, 3.8) is 0 Å². The van der Waals surface area contributed by atoms with Gasteiger partial charge in [-0.3, -0.25) is 0 Å². The molecule has 0 aromatic carbocycles. The van der Waals surface area contributed by atoms with Crippen LogP contribution in [0.2, 0.25) is 0 Å². The van der Waals surface area contributed by atoms with E-state index in [4.69, 9.17) is 0 Å². The Bertz CT molecular complexity index is 4.85. The van der Waals surface area contributed by atoms with Crippen molar-refractivity contribution >= 4 is 0 Å². The summed E-state index contributed by atoms with van der Waals surface area (Å²) in [5, 5.41) is 0. The van der Waals surface area contributed by atoms with Crippen molar-refractivity contribution in [1.29, 1.82) is 0 Å². The second-order valence-corrected chi connectivity index (χ2v) is 0. The Balaban J connectivity index is 0. The summed E-state index contributed by atoms with van der Waals surface area (Å²) in [5.41, 5.74) is 0. The van der Waals surface area contributed by atoms with E-state index in [1.54, 1.807) is 0 Å². The first-order valence-electron chi connectivity index (χ1n) is 0. The zero-order chi connectivity index (χ0) is 0. The summed E-state index contributed by atoms with van der Waals surface area (Å²) < 4.78 is 0. The molecule has 0 amide bonds. The Morgan fingerprint density at radius 1 is 0.400 bits per heavy atom.